The molecule has 6 heteroatoms. The highest BCUT2D eigenvalue weighted by Crippen LogP contribution is 2.18. The van der Waals surface area contributed by atoms with Gasteiger partial charge in [-0.2, -0.15) is 0 Å². The van der Waals surface area contributed by atoms with E-state index in [1.165, 1.54) is 23.0 Å². The predicted molar refractivity (Wildman–Crippen MR) is 70.0 cm³/mol. The Hall–Kier alpha value is -1.27. The van der Waals surface area contributed by atoms with E-state index in [0.29, 0.717) is 10.9 Å². The average molecular weight is 315 g/mol. The molecule has 0 unspecified atom stereocenters. The summed E-state index contributed by atoms with van der Waals surface area (Å²) in [5, 5.41) is 9.75. The molecule has 2 rings (SSSR count). The first-order valence-electron chi connectivity index (χ1n) is 5.55. The van der Waals surface area contributed by atoms with Crippen LogP contribution in [0.3, 0.4) is 0 Å². The molecule has 1 N–H and O–H groups in total. The number of aliphatic hydroxyl groups is 1. The lowest BCUT2D eigenvalue weighted by Gasteiger charge is -2.10. The molecule has 0 spiro atoms. The van der Waals surface area contributed by atoms with Gasteiger partial charge in [0.25, 0.3) is 5.56 Å². The summed E-state index contributed by atoms with van der Waals surface area (Å²) in [4.78, 5) is 16.0. The zero-order valence-electron chi connectivity index (χ0n) is 9.73. The molecule has 1 atom stereocenters. The minimum absolute atomic E-state index is 0.0467. The first-order valence-corrected chi connectivity index (χ1v) is 6.34. The van der Waals surface area contributed by atoms with Crippen LogP contribution in [0.2, 0.25) is 0 Å². The van der Waals surface area contributed by atoms with Crippen molar-refractivity contribution in [3.8, 4) is 0 Å². The standard InChI is InChI=1S/C12H12BrFN2O2/c1-2-8(17)5-16-6-15-11-9(12(16)18)3-7(13)4-10(11)14/h3-4,6,8,17H,2,5H2,1H3/t8-/m1/s1. The second-order valence-electron chi connectivity index (χ2n) is 4.05. The molecule has 0 amide bonds. The normalized spacial score (nSPS) is 12.9. The molecule has 18 heavy (non-hydrogen) atoms. The zero-order valence-corrected chi connectivity index (χ0v) is 11.3. The lowest BCUT2D eigenvalue weighted by atomic mass is 10.2. The third-order valence-electron chi connectivity index (χ3n) is 2.72. The number of halogens is 2. The number of aromatic nitrogens is 2. The smallest absolute Gasteiger partial charge is 0.261 e. The minimum atomic E-state index is -0.612. The van der Waals surface area contributed by atoms with E-state index in [9.17, 15) is 14.3 Å². The van der Waals surface area contributed by atoms with Crippen LogP contribution in [0.15, 0.2) is 27.7 Å². The highest BCUT2D eigenvalue weighted by Gasteiger charge is 2.11. The van der Waals surface area contributed by atoms with Crippen molar-refractivity contribution in [2.45, 2.75) is 26.0 Å². The monoisotopic (exact) mass is 314 g/mol. The van der Waals surface area contributed by atoms with Gasteiger partial charge in [0.05, 0.1) is 24.4 Å². The number of fused-ring (bicyclic) bond motifs is 1. The van der Waals surface area contributed by atoms with Crippen LogP contribution in [0.5, 0.6) is 0 Å². The van der Waals surface area contributed by atoms with Crippen molar-refractivity contribution in [1.29, 1.82) is 0 Å². The molecule has 0 saturated carbocycles. The second-order valence-corrected chi connectivity index (χ2v) is 4.96. The Morgan fingerprint density at radius 1 is 1.56 bits per heavy atom. The van der Waals surface area contributed by atoms with Gasteiger partial charge in [-0.05, 0) is 18.6 Å². The zero-order chi connectivity index (χ0) is 13.3. The average Bonchev–Trinajstić information content (AvgIpc) is 2.33. The fraction of sp³-hybridized carbons (Fsp3) is 0.333. The van der Waals surface area contributed by atoms with E-state index in [2.05, 4.69) is 20.9 Å². The molecule has 1 aromatic carbocycles. The number of benzene rings is 1. The van der Waals surface area contributed by atoms with Crippen molar-refractivity contribution in [3.63, 3.8) is 0 Å². The SMILES string of the molecule is CC[C@@H](O)Cn1cnc2c(F)cc(Br)cc2c1=O. The minimum Gasteiger partial charge on any atom is -0.391 e. The molecule has 0 aliphatic carbocycles. The number of nitrogens with zero attached hydrogens (tertiary/aromatic N) is 2. The van der Waals surface area contributed by atoms with Gasteiger partial charge in [0.15, 0.2) is 5.82 Å². The molecule has 0 bridgehead atoms. The Labute approximate surface area is 111 Å². The summed E-state index contributed by atoms with van der Waals surface area (Å²) in [6.07, 6.45) is 1.19. The molecule has 0 radical (unpaired) electrons. The molecule has 4 nitrogen and oxygen atoms in total. The van der Waals surface area contributed by atoms with E-state index in [4.69, 9.17) is 0 Å². The summed E-state index contributed by atoms with van der Waals surface area (Å²) >= 11 is 3.14. The molecular weight excluding hydrogens is 303 g/mol. The van der Waals surface area contributed by atoms with E-state index in [-0.39, 0.29) is 23.0 Å². The maximum atomic E-state index is 13.6. The number of hydrogen-bond acceptors (Lipinski definition) is 3. The molecule has 1 heterocycles. The highest BCUT2D eigenvalue weighted by molar-refractivity contribution is 9.10. The van der Waals surface area contributed by atoms with E-state index < -0.39 is 11.9 Å². The maximum absolute atomic E-state index is 13.6. The van der Waals surface area contributed by atoms with Crippen molar-refractivity contribution in [2.75, 3.05) is 0 Å². The van der Waals surface area contributed by atoms with Crippen LogP contribution in [0, 0.1) is 5.82 Å². The Morgan fingerprint density at radius 3 is 2.94 bits per heavy atom. The van der Waals surface area contributed by atoms with Crippen molar-refractivity contribution >= 4 is 26.8 Å². The van der Waals surface area contributed by atoms with Crippen molar-refractivity contribution in [2.24, 2.45) is 0 Å². The van der Waals surface area contributed by atoms with Gasteiger partial charge in [0.1, 0.15) is 5.52 Å². The van der Waals surface area contributed by atoms with Crippen LogP contribution in [0.1, 0.15) is 13.3 Å². The quantitative estimate of drug-likeness (QED) is 0.943. The van der Waals surface area contributed by atoms with Gasteiger partial charge >= 0.3 is 0 Å². The van der Waals surface area contributed by atoms with Crippen LogP contribution in [0.4, 0.5) is 4.39 Å². The third-order valence-corrected chi connectivity index (χ3v) is 3.18. The van der Waals surface area contributed by atoms with Crippen LogP contribution in [0.25, 0.3) is 10.9 Å². The Morgan fingerprint density at radius 2 is 2.28 bits per heavy atom. The summed E-state index contributed by atoms with van der Waals surface area (Å²) < 4.78 is 15.4. The highest BCUT2D eigenvalue weighted by atomic mass is 79.9. The third kappa shape index (κ3) is 2.44. The molecular formula is C12H12BrFN2O2. The summed E-state index contributed by atoms with van der Waals surface area (Å²) in [7, 11) is 0. The molecule has 0 aliphatic heterocycles. The summed E-state index contributed by atoms with van der Waals surface area (Å²) in [5.41, 5.74) is -0.307. The van der Waals surface area contributed by atoms with E-state index in [1.807, 2.05) is 6.92 Å². The van der Waals surface area contributed by atoms with Gasteiger partial charge < -0.3 is 5.11 Å². The van der Waals surface area contributed by atoms with E-state index in [1.54, 1.807) is 0 Å². The molecule has 0 fully saturated rings. The van der Waals surface area contributed by atoms with E-state index in [0.717, 1.165) is 0 Å². The fourth-order valence-electron chi connectivity index (χ4n) is 1.68. The van der Waals surface area contributed by atoms with Gasteiger partial charge in [0, 0.05) is 4.47 Å². The van der Waals surface area contributed by atoms with Crippen LogP contribution < -0.4 is 5.56 Å². The van der Waals surface area contributed by atoms with Gasteiger partial charge in [-0.15, -0.1) is 0 Å². The van der Waals surface area contributed by atoms with Gasteiger partial charge in [-0.3, -0.25) is 9.36 Å². The number of aliphatic hydroxyl groups excluding tert-OH is 1. The van der Waals surface area contributed by atoms with Gasteiger partial charge in [-0.1, -0.05) is 22.9 Å². The van der Waals surface area contributed by atoms with Crippen molar-refractivity contribution in [1.82, 2.24) is 9.55 Å². The maximum Gasteiger partial charge on any atom is 0.261 e. The Bertz CT molecular complexity index is 642. The van der Waals surface area contributed by atoms with Crippen LogP contribution in [-0.2, 0) is 6.54 Å². The molecule has 96 valence electrons. The van der Waals surface area contributed by atoms with Crippen molar-refractivity contribution < 1.29 is 9.50 Å². The molecule has 0 aliphatic rings. The number of hydrogen-bond donors (Lipinski definition) is 1. The molecule has 0 saturated heterocycles. The van der Waals surface area contributed by atoms with Crippen molar-refractivity contribution in [3.05, 3.63) is 39.1 Å². The van der Waals surface area contributed by atoms with Crippen LogP contribution in [-0.4, -0.2) is 20.8 Å². The molecule has 2 aromatic rings. The first-order chi connectivity index (χ1) is 8.52. The summed E-state index contributed by atoms with van der Waals surface area (Å²) in [6, 6.07) is 2.79. The summed E-state index contributed by atoms with van der Waals surface area (Å²) in [6.45, 7) is 1.98. The largest absolute Gasteiger partial charge is 0.391 e. The first kappa shape index (κ1) is 13.2. The van der Waals surface area contributed by atoms with Crippen LogP contribution >= 0.6 is 15.9 Å². The topological polar surface area (TPSA) is 55.1 Å². The Kier molecular flexibility index (Phi) is 3.77. The lowest BCUT2D eigenvalue weighted by Crippen LogP contribution is -2.26. The number of rotatable bonds is 3. The van der Waals surface area contributed by atoms with Gasteiger partial charge in [0.2, 0.25) is 0 Å². The lowest BCUT2D eigenvalue weighted by molar-refractivity contribution is 0.148. The van der Waals surface area contributed by atoms with Gasteiger partial charge in [-0.25, -0.2) is 9.37 Å². The fourth-order valence-corrected chi connectivity index (χ4v) is 2.11. The van der Waals surface area contributed by atoms with E-state index >= 15 is 0 Å². The second kappa shape index (κ2) is 5.16. The molecule has 1 aromatic heterocycles. The Balaban J connectivity index is 2.60. The predicted octanol–water partition coefficient (Wildman–Crippen LogP) is 2.07. The summed E-state index contributed by atoms with van der Waals surface area (Å²) in [5.74, 6) is -0.542.